The van der Waals surface area contributed by atoms with Crippen molar-refractivity contribution in [1.29, 1.82) is 0 Å². The minimum Gasteiger partial charge on any atom is -0.375 e. The van der Waals surface area contributed by atoms with Crippen LogP contribution >= 0.6 is 35.6 Å². The fourth-order valence-electron chi connectivity index (χ4n) is 3.56. The van der Waals surface area contributed by atoms with E-state index in [1.54, 1.807) is 6.20 Å². The summed E-state index contributed by atoms with van der Waals surface area (Å²) < 4.78 is 0. The third kappa shape index (κ3) is 7.19. The average molecular weight is 543 g/mol. The van der Waals surface area contributed by atoms with Crippen molar-refractivity contribution in [3.63, 3.8) is 0 Å². The summed E-state index contributed by atoms with van der Waals surface area (Å²) in [5.41, 5.74) is 1.26. The van der Waals surface area contributed by atoms with Gasteiger partial charge < -0.3 is 20.4 Å². The van der Waals surface area contributed by atoms with Crippen LogP contribution in [0, 0.1) is 0 Å². The van der Waals surface area contributed by atoms with Gasteiger partial charge in [0.1, 0.15) is 5.82 Å². The van der Waals surface area contributed by atoms with Crippen molar-refractivity contribution in [3.05, 3.63) is 53.7 Å². The molecule has 8 heteroatoms. The number of hydrogen-bond acceptors (Lipinski definition) is 4. The molecule has 0 bridgehead atoms. The largest absolute Gasteiger partial charge is 0.375 e. The molecule has 0 saturated carbocycles. The van der Waals surface area contributed by atoms with Crippen molar-refractivity contribution < 1.29 is 0 Å². The molecule has 1 aliphatic rings. The lowest BCUT2D eigenvalue weighted by atomic mass is 10.2. The van der Waals surface area contributed by atoms with Crippen molar-refractivity contribution in [1.82, 2.24) is 15.6 Å². The van der Waals surface area contributed by atoms with E-state index in [0.717, 1.165) is 57.2 Å². The van der Waals surface area contributed by atoms with E-state index in [-0.39, 0.29) is 24.0 Å². The Bertz CT molecular complexity index is 788. The summed E-state index contributed by atoms with van der Waals surface area (Å²) in [5.74, 6) is 1.73. The molecule has 164 valence electrons. The standard InChI is InChI=1S/C22H31ClN6.HI/c1-24-22(26-13-6-7-15-28(2)19-9-4-3-5-10-19)27-18-12-16-29(17-18)21-20(23)11-8-14-25-21;/h3-5,8-11,14,18H,6-7,12-13,15-17H2,1-2H3,(H2,24,26,27);1H. The molecule has 0 radical (unpaired) electrons. The molecule has 2 heterocycles. The Morgan fingerprint density at radius 1 is 1.23 bits per heavy atom. The Kier molecular flexibility index (Phi) is 10.5. The van der Waals surface area contributed by atoms with Crippen LogP contribution in [0.5, 0.6) is 0 Å². The van der Waals surface area contributed by atoms with Gasteiger partial charge in [-0.05, 0) is 43.5 Å². The summed E-state index contributed by atoms with van der Waals surface area (Å²) in [6.45, 7) is 3.77. The summed E-state index contributed by atoms with van der Waals surface area (Å²) in [7, 11) is 3.96. The maximum absolute atomic E-state index is 6.28. The van der Waals surface area contributed by atoms with Crippen LogP contribution in [-0.4, -0.2) is 57.3 Å². The summed E-state index contributed by atoms with van der Waals surface area (Å²) in [6.07, 6.45) is 5.05. The molecule has 1 atom stereocenters. The molecule has 1 saturated heterocycles. The first-order chi connectivity index (χ1) is 14.2. The lowest BCUT2D eigenvalue weighted by Crippen LogP contribution is -2.45. The van der Waals surface area contributed by atoms with Crippen molar-refractivity contribution in [2.45, 2.75) is 25.3 Å². The molecule has 1 aromatic carbocycles. The van der Waals surface area contributed by atoms with E-state index in [2.05, 4.69) is 61.7 Å². The number of benzene rings is 1. The van der Waals surface area contributed by atoms with Crippen LogP contribution < -0.4 is 20.4 Å². The molecule has 30 heavy (non-hydrogen) atoms. The smallest absolute Gasteiger partial charge is 0.191 e. The second kappa shape index (κ2) is 12.8. The number of para-hydroxylation sites is 1. The summed E-state index contributed by atoms with van der Waals surface area (Å²) in [4.78, 5) is 13.3. The highest BCUT2D eigenvalue weighted by Crippen LogP contribution is 2.25. The van der Waals surface area contributed by atoms with Crippen molar-refractivity contribution >= 4 is 53.0 Å². The van der Waals surface area contributed by atoms with Crippen LogP contribution in [-0.2, 0) is 0 Å². The van der Waals surface area contributed by atoms with Crippen LogP contribution in [0.1, 0.15) is 19.3 Å². The van der Waals surface area contributed by atoms with Gasteiger partial charge in [-0.2, -0.15) is 0 Å². The first-order valence-electron chi connectivity index (χ1n) is 10.3. The molecule has 1 aromatic heterocycles. The molecular formula is C22H32ClIN6. The van der Waals surface area contributed by atoms with Gasteiger partial charge in [-0.15, -0.1) is 24.0 Å². The van der Waals surface area contributed by atoms with E-state index < -0.39 is 0 Å². The predicted molar refractivity (Wildman–Crippen MR) is 139 cm³/mol. The first kappa shape index (κ1) is 24.5. The topological polar surface area (TPSA) is 55.8 Å². The van der Waals surface area contributed by atoms with E-state index in [0.29, 0.717) is 11.1 Å². The molecule has 0 spiro atoms. The maximum Gasteiger partial charge on any atom is 0.191 e. The van der Waals surface area contributed by atoms with E-state index in [1.165, 1.54) is 5.69 Å². The van der Waals surface area contributed by atoms with Crippen molar-refractivity contribution in [2.75, 3.05) is 50.1 Å². The predicted octanol–water partition coefficient (Wildman–Crippen LogP) is 4.01. The van der Waals surface area contributed by atoms with E-state index in [4.69, 9.17) is 11.6 Å². The SMILES string of the molecule is CN=C(NCCCCN(C)c1ccccc1)NC1CCN(c2ncccc2Cl)C1.I. The van der Waals surface area contributed by atoms with Gasteiger partial charge in [-0.1, -0.05) is 29.8 Å². The Labute approximate surface area is 202 Å². The Morgan fingerprint density at radius 3 is 2.77 bits per heavy atom. The Morgan fingerprint density at radius 2 is 2.03 bits per heavy atom. The lowest BCUT2D eigenvalue weighted by molar-refractivity contribution is 0.635. The highest BCUT2D eigenvalue weighted by Gasteiger charge is 2.25. The number of nitrogens with one attached hydrogen (secondary N) is 2. The highest BCUT2D eigenvalue weighted by molar-refractivity contribution is 14.0. The fraction of sp³-hybridized carbons (Fsp3) is 0.455. The quantitative estimate of drug-likeness (QED) is 0.228. The molecule has 3 rings (SSSR count). The molecule has 2 N–H and O–H groups in total. The number of pyridine rings is 1. The van der Waals surface area contributed by atoms with Crippen LogP contribution in [0.4, 0.5) is 11.5 Å². The van der Waals surface area contributed by atoms with Gasteiger partial charge in [-0.25, -0.2) is 4.98 Å². The van der Waals surface area contributed by atoms with Gasteiger partial charge in [0.05, 0.1) is 5.02 Å². The van der Waals surface area contributed by atoms with Crippen LogP contribution in [0.15, 0.2) is 53.7 Å². The molecule has 1 unspecified atom stereocenters. The van der Waals surface area contributed by atoms with Gasteiger partial charge in [0, 0.05) is 58.2 Å². The molecule has 1 fully saturated rings. The number of guanidine groups is 1. The summed E-state index contributed by atoms with van der Waals surface area (Å²) in [5, 5.41) is 7.67. The third-order valence-electron chi connectivity index (χ3n) is 5.20. The maximum atomic E-state index is 6.28. The fourth-order valence-corrected chi connectivity index (χ4v) is 3.80. The van der Waals surface area contributed by atoms with Gasteiger partial charge in [0.15, 0.2) is 5.96 Å². The molecule has 2 aromatic rings. The van der Waals surface area contributed by atoms with Crippen molar-refractivity contribution in [3.8, 4) is 0 Å². The van der Waals surface area contributed by atoms with E-state index >= 15 is 0 Å². The number of unbranched alkanes of at least 4 members (excludes halogenated alkanes) is 1. The summed E-state index contributed by atoms with van der Waals surface area (Å²) >= 11 is 6.28. The van der Waals surface area contributed by atoms with Crippen molar-refractivity contribution in [2.24, 2.45) is 4.99 Å². The number of halogens is 2. The number of hydrogen-bond donors (Lipinski definition) is 2. The zero-order chi connectivity index (χ0) is 20.5. The molecular weight excluding hydrogens is 511 g/mol. The zero-order valence-electron chi connectivity index (χ0n) is 17.7. The number of aliphatic imine (C=N–C) groups is 1. The van der Waals surface area contributed by atoms with Crippen LogP contribution in [0.25, 0.3) is 0 Å². The summed E-state index contributed by atoms with van der Waals surface area (Å²) in [6, 6.07) is 14.6. The second-order valence-electron chi connectivity index (χ2n) is 7.35. The number of anilines is 2. The van der Waals surface area contributed by atoms with Gasteiger partial charge >= 0.3 is 0 Å². The molecule has 1 aliphatic heterocycles. The van der Waals surface area contributed by atoms with Gasteiger partial charge in [0.2, 0.25) is 0 Å². The minimum atomic E-state index is 0. The Hall–Kier alpha value is -1.74. The monoisotopic (exact) mass is 542 g/mol. The molecule has 6 nitrogen and oxygen atoms in total. The number of nitrogens with zero attached hydrogens (tertiary/aromatic N) is 4. The van der Waals surface area contributed by atoms with Crippen LogP contribution in [0.2, 0.25) is 5.02 Å². The normalized spacial score (nSPS) is 16.2. The van der Waals surface area contributed by atoms with Gasteiger partial charge in [-0.3, -0.25) is 4.99 Å². The molecule has 0 aliphatic carbocycles. The van der Waals surface area contributed by atoms with Crippen LogP contribution in [0.3, 0.4) is 0 Å². The Balaban J connectivity index is 0.00000320. The third-order valence-corrected chi connectivity index (χ3v) is 5.50. The average Bonchev–Trinajstić information content (AvgIpc) is 3.21. The first-order valence-corrected chi connectivity index (χ1v) is 10.6. The number of rotatable bonds is 8. The number of aromatic nitrogens is 1. The lowest BCUT2D eigenvalue weighted by Gasteiger charge is -2.21. The molecule has 0 amide bonds. The highest BCUT2D eigenvalue weighted by atomic mass is 127. The van der Waals surface area contributed by atoms with Gasteiger partial charge in [0.25, 0.3) is 0 Å². The minimum absolute atomic E-state index is 0. The second-order valence-corrected chi connectivity index (χ2v) is 7.76. The van der Waals surface area contributed by atoms with E-state index in [1.807, 2.05) is 25.2 Å². The van der Waals surface area contributed by atoms with E-state index in [9.17, 15) is 0 Å². The zero-order valence-corrected chi connectivity index (χ0v) is 20.8.